The van der Waals surface area contributed by atoms with E-state index in [1.54, 1.807) is 35.7 Å². The second kappa shape index (κ2) is 15.5. The van der Waals surface area contributed by atoms with Crippen LogP contribution in [0.5, 0.6) is 11.5 Å². The van der Waals surface area contributed by atoms with Crippen molar-refractivity contribution in [1.29, 1.82) is 5.26 Å². The molecule has 2 aromatic heterocycles. The fourth-order valence-corrected chi connectivity index (χ4v) is 6.57. The summed E-state index contributed by atoms with van der Waals surface area (Å²) in [7, 11) is 0. The molecule has 240 valence electrons. The van der Waals surface area contributed by atoms with Crippen molar-refractivity contribution in [1.82, 2.24) is 9.97 Å². The predicted molar refractivity (Wildman–Crippen MR) is 191 cm³/mol. The number of halogens is 1. The number of aromatic nitrogens is 2. The molecule has 0 radical (unpaired) electrons. The lowest BCUT2D eigenvalue weighted by atomic mass is 9.91. The van der Waals surface area contributed by atoms with Gasteiger partial charge in [0.05, 0.1) is 26.4 Å². The van der Waals surface area contributed by atoms with E-state index in [-0.39, 0.29) is 23.8 Å². The minimum Gasteiger partial charge on any atom is -0.488 e. The van der Waals surface area contributed by atoms with Crippen molar-refractivity contribution in [2.45, 2.75) is 40.9 Å². The summed E-state index contributed by atoms with van der Waals surface area (Å²) in [5.74, 6) is 0.689. The van der Waals surface area contributed by atoms with E-state index in [0.29, 0.717) is 34.5 Å². The average molecular weight is 674 g/mol. The zero-order valence-electron chi connectivity index (χ0n) is 26.9. The normalized spacial score (nSPS) is 10.5. The fraction of sp³-hybridized carbons (Fsp3) is 0.154. The topological polar surface area (TPSA) is 102 Å². The molecule has 0 spiro atoms. The van der Waals surface area contributed by atoms with Gasteiger partial charge in [-0.2, -0.15) is 5.26 Å². The van der Waals surface area contributed by atoms with Crippen LogP contribution < -0.4 is 9.47 Å². The first kappa shape index (κ1) is 34.0. The van der Waals surface area contributed by atoms with Crippen LogP contribution in [-0.4, -0.2) is 22.5 Å². The van der Waals surface area contributed by atoms with E-state index in [1.807, 2.05) is 44.2 Å². The Hall–Kier alpha value is -5.36. The summed E-state index contributed by atoms with van der Waals surface area (Å²) in [6, 6.07) is 24.7. The van der Waals surface area contributed by atoms with Crippen LogP contribution in [0.2, 0.25) is 5.02 Å². The lowest BCUT2D eigenvalue weighted by Crippen LogP contribution is -2.03. The fourth-order valence-electron chi connectivity index (χ4n) is 5.24. The summed E-state index contributed by atoms with van der Waals surface area (Å²) in [6.07, 6.45) is 4.60. The van der Waals surface area contributed by atoms with Crippen LogP contribution in [0.1, 0.15) is 62.4 Å². The summed E-state index contributed by atoms with van der Waals surface area (Å²) in [5, 5.41) is 10.3. The van der Waals surface area contributed by atoms with Crippen LogP contribution in [0.15, 0.2) is 85.2 Å². The number of hydrogen-bond acceptors (Lipinski definition) is 8. The van der Waals surface area contributed by atoms with Crippen molar-refractivity contribution in [3.8, 4) is 39.3 Å². The van der Waals surface area contributed by atoms with Gasteiger partial charge in [0, 0.05) is 35.2 Å². The molecule has 0 atom stereocenters. The Morgan fingerprint density at radius 3 is 2.31 bits per heavy atom. The molecule has 0 fully saturated rings. The highest BCUT2D eigenvalue weighted by Crippen LogP contribution is 2.38. The molecule has 6 rings (SSSR count). The number of carbonyl (C=O) groups excluding carboxylic acids is 2. The Morgan fingerprint density at radius 1 is 0.833 bits per heavy atom. The Morgan fingerprint density at radius 2 is 1.56 bits per heavy atom. The molecule has 0 aliphatic heterocycles. The van der Waals surface area contributed by atoms with Gasteiger partial charge >= 0.3 is 0 Å². The molecule has 0 saturated heterocycles. The number of aldehydes is 2. The summed E-state index contributed by atoms with van der Waals surface area (Å²) in [4.78, 5) is 31.9. The number of nitrogens with zero attached hydrogens (tertiary/aromatic N) is 3. The molecule has 2 heterocycles. The van der Waals surface area contributed by atoms with Gasteiger partial charge < -0.3 is 9.47 Å². The molecule has 0 N–H and O–H groups in total. The molecule has 7 nitrogen and oxygen atoms in total. The van der Waals surface area contributed by atoms with Crippen molar-refractivity contribution in [3.05, 3.63) is 129 Å². The molecule has 48 heavy (non-hydrogen) atoms. The van der Waals surface area contributed by atoms with Gasteiger partial charge in [-0.05, 0) is 72.0 Å². The number of pyridine rings is 1. The highest BCUT2D eigenvalue weighted by molar-refractivity contribution is 7.21. The van der Waals surface area contributed by atoms with Gasteiger partial charge in [-0.25, -0.2) is 4.98 Å². The largest absolute Gasteiger partial charge is 0.488 e. The third kappa shape index (κ3) is 7.28. The Balaban J connectivity index is 0.00000221. The number of ether oxygens (including phenoxy) is 2. The number of benzene rings is 4. The summed E-state index contributed by atoms with van der Waals surface area (Å²) >= 11 is 8.07. The van der Waals surface area contributed by atoms with E-state index in [0.717, 1.165) is 54.9 Å². The standard InChI is InChI=1S/C37H26ClN3O4S.C2H6/c1-22-27(21-45-35-14-34(28(19-43)13-32(35)38)44-20-26-11-25(15-39)16-40-17-26)5-3-6-29(22)30-7-4-8-31(23(30)2)37-41-33-10-9-24(18-42)12-36(33)46-37;1-2/h3-14,16-19H,20-21H2,1-2H3;1-2H3. The molecule has 0 aliphatic rings. The monoisotopic (exact) mass is 673 g/mol. The molecular formula is C39H32ClN3O4S. The number of fused-ring (bicyclic) bond motifs is 1. The van der Waals surface area contributed by atoms with Crippen LogP contribution in [0.4, 0.5) is 0 Å². The number of nitriles is 1. The Labute approximate surface area is 288 Å². The Bertz CT molecular complexity index is 2170. The maximum Gasteiger partial charge on any atom is 0.153 e. The summed E-state index contributed by atoms with van der Waals surface area (Å²) in [5.41, 5.74) is 9.22. The van der Waals surface area contributed by atoms with Gasteiger partial charge in [0.15, 0.2) is 6.29 Å². The van der Waals surface area contributed by atoms with Gasteiger partial charge in [0.2, 0.25) is 0 Å². The smallest absolute Gasteiger partial charge is 0.153 e. The molecule has 9 heteroatoms. The number of carbonyl (C=O) groups is 2. The SMILES string of the molecule is CC.Cc1c(COc2cc(OCc3cncc(C#N)c3)c(C=O)cc2Cl)cccc1-c1cccc(-c2nc3ccc(C=O)cc3s2)c1C. The lowest BCUT2D eigenvalue weighted by molar-refractivity contribution is 0.111. The quantitative estimate of drug-likeness (QED) is 0.133. The van der Waals surface area contributed by atoms with E-state index in [9.17, 15) is 9.59 Å². The van der Waals surface area contributed by atoms with Crippen LogP contribution in [0.25, 0.3) is 31.9 Å². The van der Waals surface area contributed by atoms with Crippen LogP contribution in [-0.2, 0) is 13.2 Å². The van der Waals surface area contributed by atoms with Crippen molar-refractivity contribution < 1.29 is 19.1 Å². The highest BCUT2D eigenvalue weighted by atomic mass is 35.5. The first-order chi connectivity index (χ1) is 23.4. The summed E-state index contributed by atoms with van der Waals surface area (Å²) in [6.45, 7) is 8.51. The Kier molecular flexibility index (Phi) is 11.0. The van der Waals surface area contributed by atoms with Gasteiger partial charge in [-0.15, -0.1) is 11.3 Å². The van der Waals surface area contributed by atoms with Gasteiger partial charge in [0.25, 0.3) is 0 Å². The van der Waals surface area contributed by atoms with Crippen LogP contribution in [0, 0.1) is 25.2 Å². The van der Waals surface area contributed by atoms with Crippen molar-refractivity contribution in [2.75, 3.05) is 0 Å². The van der Waals surface area contributed by atoms with Crippen LogP contribution >= 0.6 is 22.9 Å². The van der Waals surface area contributed by atoms with E-state index < -0.39 is 0 Å². The van der Waals surface area contributed by atoms with Gasteiger partial charge in [0.1, 0.15) is 42.1 Å². The first-order valence-electron chi connectivity index (χ1n) is 15.3. The molecule has 0 unspecified atom stereocenters. The maximum absolute atomic E-state index is 11.8. The van der Waals surface area contributed by atoms with E-state index in [1.165, 1.54) is 12.3 Å². The number of thiazole rings is 1. The maximum atomic E-state index is 11.8. The van der Waals surface area contributed by atoms with Crippen molar-refractivity contribution in [2.24, 2.45) is 0 Å². The average Bonchev–Trinajstić information content (AvgIpc) is 3.55. The van der Waals surface area contributed by atoms with E-state index in [2.05, 4.69) is 43.1 Å². The molecular weight excluding hydrogens is 642 g/mol. The molecule has 0 aliphatic carbocycles. The third-order valence-electron chi connectivity index (χ3n) is 7.74. The zero-order valence-corrected chi connectivity index (χ0v) is 28.5. The minimum absolute atomic E-state index is 0.112. The molecule has 4 aromatic carbocycles. The first-order valence-corrected chi connectivity index (χ1v) is 16.5. The number of rotatable bonds is 10. The van der Waals surface area contributed by atoms with Gasteiger partial charge in [-0.1, -0.05) is 61.8 Å². The van der Waals surface area contributed by atoms with Gasteiger partial charge in [-0.3, -0.25) is 14.6 Å². The minimum atomic E-state index is 0.112. The second-order valence-corrected chi connectivity index (χ2v) is 12.1. The van der Waals surface area contributed by atoms with Crippen molar-refractivity contribution in [3.63, 3.8) is 0 Å². The van der Waals surface area contributed by atoms with E-state index in [4.69, 9.17) is 31.3 Å². The summed E-state index contributed by atoms with van der Waals surface area (Å²) < 4.78 is 13.1. The second-order valence-electron chi connectivity index (χ2n) is 10.6. The van der Waals surface area contributed by atoms with E-state index >= 15 is 0 Å². The number of hydrogen-bond donors (Lipinski definition) is 0. The zero-order chi connectivity index (χ0) is 34.2. The van der Waals surface area contributed by atoms with Crippen molar-refractivity contribution >= 4 is 45.7 Å². The van der Waals surface area contributed by atoms with Crippen LogP contribution in [0.3, 0.4) is 0 Å². The molecule has 0 amide bonds. The third-order valence-corrected chi connectivity index (χ3v) is 9.09. The lowest BCUT2D eigenvalue weighted by Gasteiger charge is -2.17. The highest BCUT2D eigenvalue weighted by Gasteiger charge is 2.16. The molecule has 0 bridgehead atoms. The molecule has 0 saturated carbocycles. The predicted octanol–water partition coefficient (Wildman–Crippen LogP) is 9.98. The molecule has 6 aromatic rings.